The van der Waals surface area contributed by atoms with E-state index >= 15 is 0 Å². The Balaban J connectivity index is 1.76. The van der Waals surface area contributed by atoms with E-state index in [4.69, 9.17) is 4.74 Å². The third-order valence-electron chi connectivity index (χ3n) is 4.92. The van der Waals surface area contributed by atoms with Crippen molar-refractivity contribution in [3.05, 3.63) is 29.8 Å². The van der Waals surface area contributed by atoms with Crippen LogP contribution >= 0.6 is 0 Å². The second-order valence-corrected chi connectivity index (χ2v) is 7.08. The van der Waals surface area contributed by atoms with Gasteiger partial charge in [-0.3, -0.25) is 0 Å². The number of fused-ring (bicyclic) bond motifs is 1. The van der Waals surface area contributed by atoms with Crippen molar-refractivity contribution in [1.82, 2.24) is 5.32 Å². The molecule has 4 unspecified atom stereocenters. The monoisotopic (exact) mass is 273 g/mol. The van der Waals surface area contributed by atoms with Gasteiger partial charge in [0.25, 0.3) is 0 Å². The molecule has 3 rings (SSSR count). The van der Waals surface area contributed by atoms with E-state index in [1.54, 1.807) is 0 Å². The van der Waals surface area contributed by atoms with Crippen LogP contribution in [-0.4, -0.2) is 12.6 Å². The van der Waals surface area contributed by atoms with E-state index in [1.165, 1.54) is 24.8 Å². The molecule has 2 nitrogen and oxygen atoms in total. The van der Waals surface area contributed by atoms with Crippen LogP contribution in [-0.2, 0) is 0 Å². The minimum Gasteiger partial charge on any atom is -0.493 e. The Bertz CT molecular complexity index is 448. The molecule has 0 radical (unpaired) electrons. The van der Waals surface area contributed by atoms with Crippen molar-refractivity contribution in [2.75, 3.05) is 6.61 Å². The van der Waals surface area contributed by atoms with Gasteiger partial charge < -0.3 is 10.1 Å². The second-order valence-electron chi connectivity index (χ2n) is 7.08. The maximum absolute atomic E-state index is 5.86. The van der Waals surface area contributed by atoms with Crippen molar-refractivity contribution < 1.29 is 4.74 Å². The molecule has 0 saturated heterocycles. The average molecular weight is 273 g/mol. The highest BCUT2D eigenvalue weighted by Gasteiger charge is 2.32. The van der Waals surface area contributed by atoms with E-state index in [0.717, 1.165) is 24.2 Å². The molecule has 1 aliphatic heterocycles. The van der Waals surface area contributed by atoms with Crippen LogP contribution in [0.3, 0.4) is 0 Å². The highest BCUT2D eigenvalue weighted by molar-refractivity contribution is 5.38. The molecule has 20 heavy (non-hydrogen) atoms. The van der Waals surface area contributed by atoms with E-state index in [1.807, 2.05) is 0 Å². The quantitative estimate of drug-likeness (QED) is 0.873. The molecule has 2 aliphatic rings. The van der Waals surface area contributed by atoms with Gasteiger partial charge in [0.05, 0.1) is 6.61 Å². The molecule has 1 aromatic carbocycles. The van der Waals surface area contributed by atoms with E-state index in [9.17, 15) is 0 Å². The smallest absolute Gasteiger partial charge is 0.124 e. The Labute approximate surface area is 122 Å². The number of para-hydroxylation sites is 1. The largest absolute Gasteiger partial charge is 0.493 e. The molecule has 1 fully saturated rings. The fourth-order valence-corrected chi connectivity index (χ4v) is 4.08. The molecular formula is C18H27NO. The van der Waals surface area contributed by atoms with Crippen molar-refractivity contribution in [3.63, 3.8) is 0 Å². The van der Waals surface area contributed by atoms with Crippen molar-refractivity contribution in [2.45, 2.75) is 52.1 Å². The van der Waals surface area contributed by atoms with Crippen LogP contribution in [0.5, 0.6) is 5.75 Å². The molecule has 1 saturated carbocycles. The highest BCUT2D eigenvalue weighted by atomic mass is 16.5. The first-order valence-electron chi connectivity index (χ1n) is 8.11. The number of nitrogens with one attached hydrogen (secondary N) is 1. The van der Waals surface area contributed by atoms with Crippen LogP contribution < -0.4 is 10.1 Å². The standard InChI is InChI=1S/C18H27NO/c1-12-8-13(2)10-15(9-12)19-18-14(3)11-20-17-7-5-4-6-16(17)18/h4-7,12-15,18-19H,8-11H2,1-3H3. The number of ether oxygens (including phenoxy) is 1. The zero-order valence-corrected chi connectivity index (χ0v) is 12.9. The van der Waals surface area contributed by atoms with Crippen molar-refractivity contribution in [2.24, 2.45) is 17.8 Å². The summed E-state index contributed by atoms with van der Waals surface area (Å²) in [5.74, 6) is 3.31. The first kappa shape index (κ1) is 13.9. The fourth-order valence-electron chi connectivity index (χ4n) is 4.08. The summed E-state index contributed by atoms with van der Waals surface area (Å²) in [7, 11) is 0. The number of hydrogen-bond acceptors (Lipinski definition) is 2. The molecular weight excluding hydrogens is 246 g/mol. The van der Waals surface area contributed by atoms with Crippen LogP contribution in [0.25, 0.3) is 0 Å². The molecule has 0 aromatic heterocycles. The Morgan fingerprint density at radius 3 is 2.45 bits per heavy atom. The molecule has 2 heteroatoms. The summed E-state index contributed by atoms with van der Waals surface area (Å²) < 4.78 is 5.86. The minimum atomic E-state index is 0.447. The number of benzene rings is 1. The molecule has 1 N–H and O–H groups in total. The van der Waals surface area contributed by atoms with Gasteiger partial charge >= 0.3 is 0 Å². The van der Waals surface area contributed by atoms with Gasteiger partial charge in [-0.15, -0.1) is 0 Å². The molecule has 0 amide bonds. The Morgan fingerprint density at radius 1 is 1.00 bits per heavy atom. The molecule has 1 aliphatic carbocycles. The summed E-state index contributed by atoms with van der Waals surface area (Å²) in [4.78, 5) is 0. The fraction of sp³-hybridized carbons (Fsp3) is 0.667. The average Bonchev–Trinajstić information content (AvgIpc) is 2.41. The zero-order valence-electron chi connectivity index (χ0n) is 12.9. The van der Waals surface area contributed by atoms with Crippen LogP contribution in [0.1, 0.15) is 51.6 Å². The topological polar surface area (TPSA) is 21.3 Å². The third-order valence-corrected chi connectivity index (χ3v) is 4.92. The van der Waals surface area contributed by atoms with Crippen molar-refractivity contribution >= 4 is 0 Å². The van der Waals surface area contributed by atoms with Gasteiger partial charge in [-0.25, -0.2) is 0 Å². The lowest BCUT2D eigenvalue weighted by Gasteiger charge is -2.39. The number of hydrogen-bond donors (Lipinski definition) is 1. The summed E-state index contributed by atoms with van der Waals surface area (Å²) in [5, 5.41) is 3.94. The maximum atomic E-state index is 5.86. The molecule has 110 valence electrons. The highest BCUT2D eigenvalue weighted by Crippen LogP contribution is 2.37. The van der Waals surface area contributed by atoms with E-state index in [-0.39, 0.29) is 0 Å². The lowest BCUT2D eigenvalue weighted by molar-refractivity contribution is 0.156. The Kier molecular flexibility index (Phi) is 4.02. The van der Waals surface area contributed by atoms with Crippen molar-refractivity contribution in [1.29, 1.82) is 0 Å². The summed E-state index contributed by atoms with van der Waals surface area (Å²) in [6, 6.07) is 9.62. The zero-order chi connectivity index (χ0) is 14.1. The van der Waals surface area contributed by atoms with Crippen molar-refractivity contribution in [3.8, 4) is 5.75 Å². The predicted molar refractivity (Wildman–Crippen MR) is 82.9 cm³/mol. The van der Waals surface area contributed by atoms with Gasteiger partial charge in [-0.2, -0.15) is 0 Å². The minimum absolute atomic E-state index is 0.447. The Morgan fingerprint density at radius 2 is 1.70 bits per heavy atom. The molecule has 0 bridgehead atoms. The first-order chi connectivity index (χ1) is 9.63. The summed E-state index contributed by atoms with van der Waals surface area (Å²) in [6.45, 7) is 7.91. The molecule has 1 aromatic rings. The van der Waals surface area contributed by atoms with E-state index in [0.29, 0.717) is 18.0 Å². The predicted octanol–water partition coefficient (Wildman–Crippen LogP) is 4.17. The van der Waals surface area contributed by atoms with Gasteiger partial charge in [0.2, 0.25) is 0 Å². The number of rotatable bonds is 2. The van der Waals surface area contributed by atoms with Gasteiger partial charge in [-0.05, 0) is 37.2 Å². The summed E-state index contributed by atoms with van der Waals surface area (Å²) in [5.41, 5.74) is 1.34. The van der Waals surface area contributed by atoms with E-state index in [2.05, 4.69) is 50.4 Å². The lowest BCUT2D eigenvalue weighted by Crippen LogP contribution is -2.43. The SMILES string of the molecule is CC1CC(C)CC(NC2c3ccccc3OCC2C)C1. The first-order valence-corrected chi connectivity index (χ1v) is 8.11. The van der Waals surface area contributed by atoms with E-state index < -0.39 is 0 Å². The van der Waals surface area contributed by atoms with Crippen LogP contribution in [0.15, 0.2) is 24.3 Å². The van der Waals surface area contributed by atoms with Gasteiger partial charge in [0.1, 0.15) is 5.75 Å². The van der Waals surface area contributed by atoms with Crippen LogP contribution in [0, 0.1) is 17.8 Å². The van der Waals surface area contributed by atoms with Gasteiger partial charge in [0, 0.05) is 23.6 Å². The molecule has 0 spiro atoms. The normalized spacial score (nSPS) is 37.0. The van der Waals surface area contributed by atoms with Crippen LogP contribution in [0.4, 0.5) is 0 Å². The third kappa shape index (κ3) is 2.85. The van der Waals surface area contributed by atoms with Gasteiger partial charge in [-0.1, -0.05) is 39.0 Å². The molecule has 4 atom stereocenters. The Hall–Kier alpha value is -1.02. The summed E-state index contributed by atoms with van der Waals surface area (Å²) in [6.07, 6.45) is 4.02. The maximum Gasteiger partial charge on any atom is 0.124 e. The summed E-state index contributed by atoms with van der Waals surface area (Å²) >= 11 is 0. The van der Waals surface area contributed by atoms with Crippen LogP contribution in [0.2, 0.25) is 0 Å². The molecule has 1 heterocycles. The lowest BCUT2D eigenvalue weighted by atomic mass is 9.79. The second kappa shape index (κ2) is 5.77. The van der Waals surface area contributed by atoms with Gasteiger partial charge in [0.15, 0.2) is 0 Å².